The number of alkyl halides is 3. The van der Waals surface area contributed by atoms with Crippen molar-refractivity contribution in [1.82, 2.24) is 9.97 Å². The summed E-state index contributed by atoms with van der Waals surface area (Å²) >= 11 is 0. The smallest absolute Gasteiger partial charge is 0.339 e. The van der Waals surface area contributed by atoms with Crippen LogP contribution in [0.1, 0.15) is 42.4 Å². The highest BCUT2D eigenvalue weighted by Gasteiger charge is 2.31. The summed E-state index contributed by atoms with van der Waals surface area (Å²) in [6, 6.07) is 14.2. The third-order valence-electron chi connectivity index (χ3n) is 5.87. The van der Waals surface area contributed by atoms with Crippen LogP contribution in [0.2, 0.25) is 0 Å². The van der Waals surface area contributed by atoms with Gasteiger partial charge in [0.1, 0.15) is 5.65 Å². The molecule has 0 bridgehead atoms. The summed E-state index contributed by atoms with van der Waals surface area (Å²) in [5.74, 6) is 0. The standard InChI is InChI=1S/C25H21F3N2/c1-15-7-9-17(10-8-15)21-14-20(16-5-3-2-4-6-16)23-19-12-11-18(25(26,27)28)13-22(19)30-24(23)29-21/h5,7-14H,2-4,6H2,1H3,(H,29,30). The van der Waals surface area contributed by atoms with Gasteiger partial charge in [0.15, 0.2) is 0 Å². The Balaban J connectivity index is 1.79. The molecule has 2 heterocycles. The van der Waals surface area contributed by atoms with Gasteiger partial charge < -0.3 is 4.98 Å². The lowest BCUT2D eigenvalue weighted by Gasteiger charge is -2.15. The summed E-state index contributed by atoms with van der Waals surface area (Å²) in [6.45, 7) is 2.04. The number of nitrogens with one attached hydrogen (secondary N) is 1. The maximum Gasteiger partial charge on any atom is 0.416 e. The second kappa shape index (κ2) is 7.01. The van der Waals surface area contributed by atoms with Crippen molar-refractivity contribution in [3.05, 3.63) is 71.3 Å². The van der Waals surface area contributed by atoms with Crippen molar-refractivity contribution in [2.75, 3.05) is 0 Å². The number of H-pyrrole nitrogens is 1. The van der Waals surface area contributed by atoms with Gasteiger partial charge in [-0.3, -0.25) is 0 Å². The number of fused-ring (bicyclic) bond motifs is 3. The van der Waals surface area contributed by atoms with Crippen LogP contribution in [0.5, 0.6) is 0 Å². The zero-order chi connectivity index (χ0) is 20.9. The predicted molar refractivity (Wildman–Crippen MR) is 115 cm³/mol. The Hall–Kier alpha value is -3.08. The fourth-order valence-electron chi connectivity index (χ4n) is 4.29. The number of pyridine rings is 1. The molecule has 4 aromatic rings. The van der Waals surface area contributed by atoms with Crippen molar-refractivity contribution >= 4 is 27.5 Å². The quantitative estimate of drug-likeness (QED) is 0.363. The van der Waals surface area contributed by atoms with Gasteiger partial charge >= 0.3 is 6.18 Å². The van der Waals surface area contributed by atoms with Crippen LogP contribution in [0, 0.1) is 6.92 Å². The fraction of sp³-hybridized carbons (Fsp3) is 0.240. The molecule has 1 aliphatic rings. The molecule has 1 N–H and O–H groups in total. The zero-order valence-corrected chi connectivity index (χ0v) is 16.6. The van der Waals surface area contributed by atoms with E-state index in [2.05, 4.69) is 17.1 Å². The van der Waals surface area contributed by atoms with Gasteiger partial charge in [-0.1, -0.05) is 42.0 Å². The first kappa shape index (κ1) is 18.9. The molecule has 2 aromatic heterocycles. The minimum Gasteiger partial charge on any atom is -0.339 e. The van der Waals surface area contributed by atoms with Gasteiger partial charge in [0.05, 0.1) is 11.3 Å². The average Bonchev–Trinajstić information content (AvgIpc) is 3.11. The first-order chi connectivity index (χ1) is 14.4. The Bertz CT molecular complexity index is 1280. The number of aryl methyl sites for hydroxylation is 1. The van der Waals surface area contributed by atoms with Crippen LogP contribution in [-0.4, -0.2) is 9.97 Å². The van der Waals surface area contributed by atoms with Crippen molar-refractivity contribution in [2.45, 2.75) is 38.8 Å². The van der Waals surface area contributed by atoms with E-state index >= 15 is 0 Å². The van der Waals surface area contributed by atoms with Gasteiger partial charge in [0, 0.05) is 21.9 Å². The molecular weight excluding hydrogens is 385 g/mol. The molecule has 0 amide bonds. The molecule has 5 heteroatoms. The van der Waals surface area contributed by atoms with E-state index in [0.29, 0.717) is 11.2 Å². The Morgan fingerprint density at radius 3 is 2.47 bits per heavy atom. The van der Waals surface area contributed by atoms with Gasteiger partial charge in [-0.05, 0) is 61.9 Å². The van der Waals surface area contributed by atoms with Gasteiger partial charge in [0.25, 0.3) is 0 Å². The monoisotopic (exact) mass is 406 g/mol. The molecule has 0 aliphatic heterocycles. The van der Waals surface area contributed by atoms with E-state index in [-0.39, 0.29) is 0 Å². The van der Waals surface area contributed by atoms with E-state index in [1.165, 1.54) is 23.6 Å². The third kappa shape index (κ3) is 3.28. The Labute approximate surface area is 172 Å². The Kier molecular flexibility index (Phi) is 4.42. The van der Waals surface area contributed by atoms with E-state index in [1.807, 2.05) is 31.2 Å². The number of rotatable bonds is 2. The van der Waals surface area contributed by atoms with E-state index in [1.54, 1.807) is 6.07 Å². The number of hydrogen-bond acceptors (Lipinski definition) is 1. The van der Waals surface area contributed by atoms with Crippen LogP contribution in [-0.2, 0) is 6.18 Å². The normalized spacial score (nSPS) is 15.0. The summed E-state index contributed by atoms with van der Waals surface area (Å²) in [4.78, 5) is 7.95. The molecule has 0 spiro atoms. The number of aromatic nitrogens is 2. The molecule has 2 nitrogen and oxygen atoms in total. The fourth-order valence-corrected chi connectivity index (χ4v) is 4.29. The highest BCUT2D eigenvalue weighted by Crippen LogP contribution is 2.39. The molecule has 0 unspecified atom stereocenters. The highest BCUT2D eigenvalue weighted by atomic mass is 19.4. The van der Waals surface area contributed by atoms with Crippen molar-refractivity contribution < 1.29 is 13.2 Å². The molecular formula is C25H21F3N2. The second-order valence-corrected chi connectivity index (χ2v) is 8.00. The zero-order valence-electron chi connectivity index (χ0n) is 16.6. The van der Waals surface area contributed by atoms with Gasteiger partial charge in [-0.2, -0.15) is 13.2 Å². The number of benzene rings is 2. The number of aromatic amines is 1. The number of hydrogen-bond donors (Lipinski definition) is 1. The molecule has 1 aliphatic carbocycles. The predicted octanol–water partition coefficient (Wildman–Crippen LogP) is 7.67. The van der Waals surface area contributed by atoms with E-state index in [4.69, 9.17) is 4.98 Å². The average molecular weight is 406 g/mol. The van der Waals surface area contributed by atoms with Crippen molar-refractivity contribution in [3.8, 4) is 11.3 Å². The van der Waals surface area contributed by atoms with E-state index in [9.17, 15) is 13.2 Å². The summed E-state index contributed by atoms with van der Waals surface area (Å²) in [5, 5.41) is 1.69. The number of allylic oxidation sites excluding steroid dienone is 2. The molecule has 30 heavy (non-hydrogen) atoms. The number of nitrogens with zero attached hydrogens (tertiary/aromatic N) is 1. The molecule has 0 saturated heterocycles. The largest absolute Gasteiger partial charge is 0.416 e. The number of halogens is 3. The lowest BCUT2D eigenvalue weighted by molar-refractivity contribution is -0.137. The van der Waals surface area contributed by atoms with Crippen LogP contribution in [0.25, 0.3) is 38.8 Å². The van der Waals surface area contributed by atoms with Crippen LogP contribution in [0.4, 0.5) is 13.2 Å². The minimum atomic E-state index is -4.37. The van der Waals surface area contributed by atoms with Crippen molar-refractivity contribution in [3.63, 3.8) is 0 Å². The molecule has 152 valence electrons. The van der Waals surface area contributed by atoms with Crippen LogP contribution < -0.4 is 0 Å². The topological polar surface area (TPSA) is 28.7 Å². The van der Waals surface area contributed by atoms with Crippen LogP contribution in [0.3, 0.4) is 0 Å². The lowest BCUT2D eigenvalue weighted by atomic mass is 9.90. The Morgan fingerprint density at radius 1 is 0.967 bits per heavy atom. The van der Waals surface area contributed by atoms with E-state index < -0.39 is 11.7 Å². The van der Waals surface area contributed by atoms with Crippen LogP contribution in [0.15, 0.2) is 54.6 Å². The summed E-state index contributed by atoms with van der Waals surface area (Å²) in [7, 11) is 0. The third-order valence-corrected chi connectivity index (χ3v) is 5.87. The molecule has 0 saturated carbocycles. The summed E-state index contributed by atoms with van der Waals surface area (Å²) < 4.78 is 39.7. The van der Waals surface area contributed by atoms with Crippen LogP contribution >= 0.6 is 0 Å². The summed E-state index contributed by atoms with van der Waals surface area (Å²) in [6.07, 6.45) is 2.18. The van der Waals surface area contributed by atoms with Crippen molar-refractivity contribution in [2.24, 2.45) is 0 Å². The molecule has 2 aromatic carbocycles. The first-order valence-electron chi connectivity index (χ1n) is 10.2. The van der Waals surface area contributed by atoms with Gasteiger partial charge in [-0.15, -0.1) is 0 Å². The second-order valence-electron chi connectivity index (χ2n) is 8.00. The molecule has 5 rings (SSSR count). The first-order valence-corrected chi connectivity index (χ1v) is 10.2. The molecule has 0 fully saturated rings. The maximum absolute atomic E-state index is 13.2. The van der Waals surface area contributed by atoms with Gasteiger partial charge in [0.2, 0.25) is 0 Å². The SMILES string of the molecule is Cc1ccc(-c2cc(C3=CCCCC3)c3c(n2)[nH]c2cc(C(F)(F)F)ccc23)cc1. The molecule has 0 atom stereocenters. The minimum absolute atomic E-state index is 0.464. The summed E-state index contributed by atoms with van der Waals surface area (Å²) in [5.41, 5.74) is 5.75. The maximum atomic E-state index is 13.2. The van der Waals surface area contributed by atoms with E-state index in [0.717, 1.165) is 52.9 Å². The Morgan fingerprint density at radius 2 is 1.77 bits per heavy atom. The van der Waals surface area contributed by atoms with Crippen molar-refractivity contribution in [1.29, 1.82) is 0 Å². The lowest BCUT2D eigenvalue weighted by Crippen LogP contribution is -2.04. The molecule has 0 radical (unpaired) electrons. The highest BCUT2D eigenvalue weighted by molar-refractivity contribution is 6.11. The van der Waals surface area contributed by atoms with Gasteiger partial charge in [-0.25, -0.2) is 4.98 Å².